The van der Waals surface area contributed by atoms with Gasteiger partial charge in [0, 0.05) is 13.0 Å². The molecular formula is C30H42O13. The Labute approximate surface area is 250 Å². The van der Waals surface area contributed by atoms with Crippen LogP contribution in [-0.2, 0) is 57.1 Å². The van der Waals surface area contributed by atoms with Crippen molar-refractivity contribution in [2.24, 2.45) is 11.8 Å². The summed E-state index contributed by atoms with van der Waals surface area (Å²) >= 11 is 0. The van der Waals surface area contributed by atoms with Crippen LogP contribution in [0.2, 0.25) is 0 Å². The lowest BCUT2D eigenvalue weighted by Gasteiger charge is -2.31. The first-order chi connectivity index (χ1) is 20.7. The van der Waals surface area contributed by atoms with Gasteiger partial charge in [-0.05, 0) is 64.2 Å². The lowest BCUT2D eigenvalue weighted by molar-refractivity contribution is -0.163. The van der Waals surface area contributed by atoms with Crippen molar-refractivity contribution < 1.29 is 61.9 Å². The topological polar surface area (TPSA) is 159 Å². The molecule has 0 aromatic rings. The number of carbonyl (C=O) groups is 5. The summed E-state index contributed by atoms with van der Waals surface area (Å²) in [5.41, 5.74) is 0. The Morgan fingerprint density at radius 2 is 1.16 bits per heavy atom. The fourth-order valence-corrected chi connectivity index (χ4v) is 5.94. The predicted octanol–water partition coefficient (Wildman–Crippen LogP) is 2.95. The summed E-state index contributed by atoms with van der Waals surface area (Å²) in [6, 6.07) is 0. The van der Waals surface area contributed by atoms with Gasteiger partial charge >= 0.3 is 30.0 Å². The van der Waals surface area contributed by atoms with E-state index in [9.17, 15) is 24.0 Å². The number of carbonyl (C=O) groups excluding carboxylic acids is 5. The lowest BCUT2D eigenvalue weighted by Crippen LogP contribution is -2.38. The van der Waals surface area contributed by atoms with Crippen molar-refractivity contribution in [2.45, 2.75) is 108 Å². The molecule has 0 aromatic heterocycles. The van der Waals surface area contributed by atoms with E-state index in [1.54, 1.807) is 0 Å². The number of rotatable bonds is 12. The highest BCUT2D eigenvalue weighted by molar-refractivity contribution is 5.81. The molecule has 13 nitrogen and oxygen atoms in total. The number of hydrogen-bond acceptors (Lipinski definition) is 13. The van der Waals surface area contributed by atoms with Crippen molar-refractivity contribution in [2.75, 3.05) is 26.4 Å². The molecule has 0 bridgehead atoms. The Kier molecular flexibility index (Phi) is 12.2. The maximum absolute atomic E-state index is 12.8. The predicted molar refractivity (Wildman–Crippen MR) is 145 cm³/mol. The third-order valence-electron chi connectivity index (χ3n) is 8.28. The van der Waals surface area contributed by atoms with Crippen LogP contribution in [0.5, 0.6) is 0 Å². The summed E-state index contributed by atoms with van der Waals surface area (Å²) in [7, 11) is 0. The Morgan fingerprint density at radius 3 is 1.70 bits per heavy atom. The maximum atomic E-state index is 12.8. The van der Waals surface area contributed by atoms with Gasteiger partial charge in [0.05, 0.1) is 38.3 Å². The molecule has 2 saturated heterocycles. The molecule has 2 aliphatic heterocycles. The van der Waals surface area contributed by atoms with Crippen molar-refractivity contribution >= 4 is 30.0 Å². The summed E-state index contributed by atoms with van der Waals surface area (Å²) in [5, 5.41) is 0. The molecule has 2 aliphatic carbocycles. The molecule has 0 spiro atoms. The van der Waals surface area contributed by atoms with E-state index in [4.69, 9.17) is 37.9 Å². The third-order valence-corrected chi connectivity index (χ3v) is 8.28. The number of ether oxygens (including phenoxy) is 8. The van der Waals surface area contributed by atoms with E-state index >= 15 is 0 Å². The van der Waals surface area contributed by atoms with E-state index in [2.05, 4.69) is 6.58 Å². The zero-order valence-corrected chi connectivity index (χ0v) is 24.6. The van der Waals surface area contributed by atoms with E-state index in [-0.39, 0.29) is 62.4 Å². The van der Waals surface area contributed by atoms with Gasteiger partial charge in [0.2, 0.25) is 0 Å². The SMILES string of the molecule is C=CC(=O)OCCCCOC(=O)OC1CCC(C(=O)OC2CCC(C(=O)O[C@@H]3CO[C@H]4[C@@H]3OC[C@H]4OC(C)=O)CC2)CC1. The number of esters is 4. The van der Waals surface area contributed by atoms with Crippen molar-refractivity contribution in [3.8, 4) is 0 Å². The van der Waals surface area contributed by atoms with Crippen molar-refractivity contribution in [3.63, 3.8) is 0 Å². The molecule has 4 fully saturated rings. The van der Waals surface area contributed by atoms with Gasteiger partial charge < -0.3 is 37.9 Å². The van der Waals surface area contributed by atoms with Gasteiger partial charge in [0.1, 0.15) is 24.4 Å². The second-order valence-electron chi connectivity index (χ2n) is 11.4. The van der Waals surface area contributed by atoms with Gasteiger partial charge in [-0.15, -0.1) is 0 Å². The molecule has 0 radical (unpaired) electrons. The molecule has 240 valence electrons. The van der Waals surface area contributed by atoms with Crippen LogP contribution >= 0.6 is 0 Å². The highest BCUT2D eigenvalue weighted by Gasteiger charge is 2.51. The van der Waals surface area contributed by atoms with E-state index in [1.165, 1.54) is 6.92 Å². The minimum atomic E-state index is -0.744. The fraction of sp³-hybridized carbons (Fsp3) is 0.767. The highest BCUT2D eigenvalue weighted by Crippen LogP contribution is 2.34. The summed E-state index contributed by atoms with van der Waals surface area (Å²) in [6.45, 7) is 5.43. The van der Waals surface area contributed by atoms with Crippen molar-refractivity contribution in [1.29, 1.82) is 0 Å². The average molecular weight is 611 g/mol. The first kappa shape index (κ1) is 32.7. The maximum Gasteiger partial charge on any atom is 0.508 e. The molecule has 0 unspecified atom stereocenters. The molecule has 43 heavy (non-hydrogen) atoms. The number of fused-ring (bicyclic) bond motifs is 1. The zero-order valence-electron chi connectivity index (χ0n) is 24.6. The summed E-state index contributed by atoms with van der Waals surface area (Å²) in [6.07, 6.45) is 3.39. The van der Waals surface area contributed by atoms with Crippen LogP contribution in [-0.4, -0.2) is 93.1 Å². The van der Waals surface area contributed by atoms with Crippen LogP contribution in [0.15, 0.2) is 12.7 Å². The second-order valence-corrected chi connectivity index (χ2v) is 11.4. The second kappa shape index (κ2) is 16.0. The minimum Gasteiger partial charge on any atom is -0.463 e. The van der Waals surface area contributed by atoms with E-state index < -0.39 is 42.5 Å². The summed E-state index contributed by atoms with van der Waals surface area (Å²) in [5.74, 6) is -2.01. The first-order valence-corrected chi connectivity index (χ1v) is 15.2. The summed E-state index contributed by atoms with van der Waals surface area (Å²) in [4.78, 5) is 59.8. The molecule has 0 aromatic carbocycles. The molecule has 4 aliphatic rings. The van der Waals surface area contributed by atoms with Gasteiger partial charge in [0.15, 0.2) is 12.2 Å². The van der Waals surface area contributed by atoms with Gasteiger partial charge in [-0.25, -0.2) is 9.59 Å². The number of hydrogen-bond donors (Lipinski definition) is 0. The average Bonchev–Trinajstić information content (AvgIpc) is 3.58. The molecule has 4 rings (SSSR count). The molecule has 0 amide bonds. The van der Waals surface area contributed by atoms with Gasteiger partial charge in [-0.2, -0.15) is 0 Å². The van der Waals surface area contributed by atoms with Gasteiger partial charge in [-0.3, -0.25) is 14.4 Å². The van der Waals surface area contributed by atoms with E-state index in [0.29, 0.717) is 64.2 Å². The molecule has 4 atom stereocenters. The van der Waals surface area contributed by atoms with Crippen LogP contribution in [0.4, 0.5) is 4.79 Å². The Bertz CT molecular complexity index is 996. The first-order valence-electron chi connectivity index (χ1n) is 15.2. The largest absolute Gasteiger partial charge is 0.508 e. The monoisotopic (exact) mass is 610 g/mol. The zero-order chi connectivity index (χ0) is 30.8. The molecule has 13 heteroatoms. The normalized spacial score (nSPS) is 31.7. The van der Waals surface area contributed by atoms with Crippen LogP contribution in [0.1, 0.15) is 71.1 Å². The third kappa shape index (κ3) is 9.65. The van der Waals surface area contributed by atoms with Crippen LogP contribution in [0.3, 0.4) is 0 Å². The van der Waals surface area contributed by atoms with Crippen LogP contribution < -0.4 is 0 Å². The molecule has 2 saturated carbocycles. The quantitative estimate of drug-likeness (QED) is 0.137. The molecular weight excluding hydrogens is 568 g/mol. The fourth-order valence-electron chi connectivity index (χ4n) is 5.94. The Balaban J connectivity index is 1.06. The lowest BCUT2D eigenvalue weighted by atomic mass is 9.86. The van der Waals surface area contributed by atoms with E-state index in [0.717, 1.165) is 6.08 Å². The van der Waals surface area contributed by atoms with Gasteiger partial charge in [0.25, 0.3) is 0 Å². The van der Waals surface area contributed by atoms with Gasteiger partial charge in [-0.1, -0.05) is 6.58 Å². The number of unbranched alkanes of at least 4 members (excludes halogenated alkanes) is 1. The molecule has 2 heterocycles. The van der Waals surface area contributed by atoms with Crippen LogP contribution in [0.25, 0.3) is 0 Å². The standard InChI is InChI=1S/C30H42O13/c1-3-25(32)36-14-4-5-15-37-30(35)42-22-12-8-19(9-13-22)28(33)41-21-10-6-20(7-11-21)29(34)43-24-17-39-26-23(40-18(2)31)16-38-27(24)26/h3,19-24,26-27H,1,4-17H2,2H3/t19?,20?,21?,22?,23-,24-,26-,27-/m1/s1. The molecule has 0 N–H and O–H groups in total. The van der Waals surface area contributed by atoms with Crippen LogP contribution in [0, 0.1) is 11.8 Å². The Hall–Kier alpha value is -3.19. The minimum absolute atomic E-state index is 0.161. The smallest absolute Gasteiger partial charge is 0.463 e. The Morgan fingerprint density at radius 1 is 0.674 bits per heavy atom. The van der Waals surface area contributed by atoms with Crippen molar-refractivity contribution in [1.82, 2.24) is 0 Å². The summed E-state index contributed by atoms with van der Waals surface area (Å²) < 4.78 is 43.4. The highest BCUT2D eigenvalue weighted by atomic mass is 16.7. The van der Waals surface area contributed by atoms with Crippen molar-refractivity contribution in [3.05, 3.63) is 12.7 Å². The van der Waals surface area contributed by atoms with E-state index in [1.807, 2.05) is 0 Å².